The van der Waals surface area contributed by atoms with Gasteiger partial charge in [0.2, 0.25) is 0 Å². The van der Waals surface area contributed by atoms with E-state index in [2.05, 4.69) is 20.6 Å². The van der Waals surface area contributed by atoms with Gasteiger partial charge in [-0.2, -0.15) is 13.2 Å². The molecule has 3 aromatic rings. The number of methoxy groups -OCH3 is 2. The van der Waals surface area contributed by atoms with Gasteiger partial charge in [-0.3, -0.25) is 0 Å². The van der Waals surface area contributed by atoms with E-state index < -0.39 is 11.7 Å². The molecule has 158 valence electrons. The summed E-state index contributed by atoms with van der Waals surface area (Å²) in [6, 6.07) is 8.13. The first-order valence-electron chi connectivity index (χ1n) is 8.47. The summed E-state index contributed by atoms with van der Waals surface area (Å²) in [5.41, 5.74) is 5.49. The van der Waals surface area contributed by atoms with Crippen molar-refractivity contribution < 1.29 is 22.6 Å². The minimum atomic E-state index is -4.54. The SMILES string of the molecule is COc1cc(OC)c(Nc2ncnc(Nc3ccccc3C(F)(F)F)c2N)cc1Cl. The Labute approximate surface area is 175 Å². The maximum absolute atomic E-state index is 13.2. The van der Waals surface area contributed by atoms with Crippen LogP contribution in [0.1, 0.15) is 5.56 Å². The molecule has 7 nitrogen and oxygen atoms in total. The fourth-order valence-electron chi connectivity index (χ4n) is 2.65. The second kappa shape index (κ2) is 8.54. The molecule has 0 saturated carbocycles. The predicted molar refractivity (Wildman–Crippen MR) is 109 cm³/mol. The minimum absolute atomic E-state index is 0.00257. The molecule has 0 bridgehead atoms. The Morgan fingerprint density at radius 1 is 0.933 bits per heavy atom. The van der Waals surface area contributed by atoms with E-state index in [1.54, 1.807) is 12.1 Å². The lowest BCUT2D eigenvalue weighted by Crippen LogP contribution is -2.11. The molecule has 1 heterocycles. The molecule has 0 amide bonds. The Morgan fingerprint density at radius 2 is 1.53 bits per heavy atom. The zero-order valence-corrected chi connectivity index (χ0v) is 16.6. The van der Waals surface area contributed by atoms with Gasteiger partial charge in [-0.05, 0) is 18.2 Å². The first kappa shape index (κ1) is 21.3. The van der Waals surface area contributed by atoms with Crippen molar-refractivity contribution in [1.82, 2.24) is 9.97 Å². The van der Waals surface area contributed by atoms with Gasteiger partial charge in [0.05, 0.1) is 36.2 Å². The topological polar surface area (TPSA) is 94.3 Å². The Kier molecular flexibility index (Phi) is 6.06. The maximum Gasteiger partial charge on any atom is 0.418 e. The fraction of sp³-hybridized carbons (Fsp3) is 0.158. The van der Waals surface area contributed by atoms with Crippen molar-refractivity contribution in [1.29, 1.82) is 0 Å². The smallest absolute Gasteiger partial charge is 0.418 e. The van der Waals surface area contributed by atoms with Gasteiger partial charge >= 0.3 is 6.18 Å². The lowest BCUT2D eigenvalue weighted by Gasteiger charge is -2.17. The average Bonchev–Trinajstić information content (AvgIpc) is 2.71. The molecule has 30 heavy (non-hydrogen) atoms. The van der Waals surface area contributed by atoms with E-state index in [4.69, 9.17) is 26.8 Å². The van der Waals surface area contributed by atoms with Gasteiger partial charge in [-0.25, -0.2) is 9.97 Å². The summed E-state index contributed by atoms with van der Waals surface area (Å²) < 4.78 is 50.2. The highest BCUT2D eigenvalue weighted by molar-refractivity contribution is 6.32. The summed E-state index contributed by atoms with van der Waals surface area (Å²) in [6.07, 6.45) is -3.38. The van der Waals surface area contributed by atoms with Crippen LogP contribution in [0.4, 0.5) is 41.9 Å². The second-order valence-corrected chi connectivity index (χ2v) is 6.37. The molecule has 0 fully saturated rings. The van der Waals surface area contributed by atoms with Crippen LogP contribution in [0.2, 0.25) is 5.02 Å². The number of ether oxygens (including phenoxy) is 2. The van der Waals surface area contributed by atoms with E-state index in [1.165, 1.54) is 32.4 Å². The molecule has 0 spiro atoms. The Hall–Kier alpha value is -3.40. The summed E-state index contributed by atoms with van der Waals surface area (Å²) in [4.78, 5) is 8.01. The number of para-hydroxylation sites is 1. The number of rotatable bonds is 6. The Morgan fingerprint density at radius 3 is 2.13 bits per heavy atom. The van der Waals surface area contributed by atoms with Gasteiger partial charge in [0.25, 0.3) is 0 Å². The first-order valence-corrected chi connectivity index (χ1v) is 8.84. The third-order valence-corrected chi connectivity index (χ3v) is 4.39. The predicted octanol–water partition coefficient (Wildman–Crippen LogP) is 5.24. The van der Waals surface area contributed by atoms with E-state index in [-0.39, 0.29) is 23.0 Å². The maximum atomic E-state index is 13.2. The third-order valence-electron chi connectivity index (χ3n) is 4.10. The number of nitrogen functional groups attached to an aromatic ring is 1. The molecule has 2 aromatic carbocycles. The number of hydrogen-bond donors (Lipinski definition) is 3. The lowest BCUT2D eigenvalue weighted by molar-refractivity contribution is -0.136. The number of aromatic nitrogens is 2. The number of benzene rings is 2. The molecule has 0 radical (unpaired) electrons. The molecule has 0 aliphatic carbocycles. The highest BCUT2D eigenvalue weighted by atomic mass is 35.5. The summed E-state index contributed by atoms with van der Waals surface area (Å²) in [7, 11) is 2.92. The molecule has 11 heteroatoms. The number of hydrogen-bond acceptors (Lipinski definition) is 7. The molecule has 4 N–H and O–H groups in total. The van der Waals surface area contributed by atoms with Crippen LogP contribution in [-0.2, 0) is 6.18 Å². The van der Waals surface area contributed by atoms with Crippen molar-refractivity contribution >= 4 is 40.3 Å². The molecule has 3 rings (SSSR count). The van der Waals surface area contributed by atoms with Crippen LogP contribution in [0.25, 0.3) is 0 Å². The van der Waals surface area contributed by atoms with Gasteiger partial charge in [0.1, 0.15) is 23.5 Å². The zero-order valence-electron chi connectivity index (χ0n) is 15.8. The molecule has 0 saturated heterocycles. The number of nitrogens with two attached hydrogens (primary N) is 1. The second-order valence-electron chi connectivity index (χ2n) is 5.96. The van der Waals surface area contributed by atoms with Gasteiger partial charge in [-0.15, -0.1) is 0 Å². The summed E-state index contributed by atoms with van der Waals surface area (Å²) in [5, 5.41) is 5.88. The highest BCUT2D eigenvalue weighted by Gasteiger charge is 2.33. The average molecular weight is 440 g/mol. The van der Waals surface area contributed by atoms with Gasteiger partial charge in [0.15, 0.2) is 11.6 Å². The molecular weight excluding hydrogens is 423 g/mol. The normalized spacial score (nSPS) is 11.1. The van der Waals surface area contributed by atoms with Crippen molar-refractivity contribution in [2.75, 3.05) is 30.6 Å². The molecule has 0 atom stereocenters. The van der Waals surface area contributed by atoms with E-state index in [0.717, 1.165) is 12.4 Å². The van der Waals surface area contributed by atoms with Gasteiger partial charge < -0.3 is 25.8 Å². The quantitative estimate of drug-likeness (QED) is 0.483. The monoisotopic (exact) mass is 439 g/mol. The number of nitrogens with one attached hydrogen (secondary N) is 2. The molecule has 1 aromatic heterocycles. The van der Waals surface area contributed by atoms with E-state index in [1.807, 2.05) is 0 Å². The molecule has 0 unspecified atom stereocenters. The highest BCUT2D eigenvalue weighted by Crippen LogP contribution is 2.40. The summed E-state index contributed by atoms with van der Waals surface area (Å²) in [5.74, 6) is 0.950. The Balaban J connectivity index is 1.95. The Bertz CT molecular complexity index is 1060. The standard InChI is InChI=1S/C19H17ClF3N5O2/c1-29-14-8-15(30-2)13(7-11(14)20)28-18-16(24)17(25-9-26-18)27-12-6-4-3-5-10(12)19(21,22)23/h3-9H,24H2,1-2H3,(H2,25,26,27,28). The van der Waals surface area contributed by atoms with Crippen LogP contribution in [-0.4, -0.2) is 24.2 Å². The van der Waals surface area contributed by atoms with E-state index in [0.29, 0.717) is 22.2 Å². The third kappa shape index (κ3) is 4.43. The number of halogens is 4. The van der Waals surface area contributed by atoms with Crippen LogP contribution in [0.15, 0.2) is 42.7 Å². The molecule has 0 aliphatic heterocycles. The zero-order chi connectivity index (χ0) is 21.9. The number of anilines is 5. The van der Waals surface area contributed by atoms with Crippen molar-refractivity contribution in [3.63, 3.8) is 0 Å². The molecular formula is C19H17ClF3N5O2. The van der Waals surface area contributed by atoms with Gasteiger partial charge in [0, 0.05) is 6.07 Å². The minimum Gasteiger partial charge on any atom is -0.495 e. The largest absolute Gasteiger partial charge is 0.495 e. The van der Waals surface area contributed by atoms with Gasteiger partial charge in [-0.1, -0.05) is 23.7 Å². The number of nitrogens with zero attached hydrogens (tertiary/aromatic N) is 2. The van der Waals surface area contributed by atoms with Crippen molar-refractivity contribution in [2.24, 2.45) is 0 Å². The van der Waals surface area contributed by atoms with E-state index in [9.17, 15) is 13.2 Å². The summed E-state index contributed by atoms with van der Waals surface area (Å²) in [6.45, 7) is 0. The fourth-order valence-corrected chi connectivity index (χ4v) is 2.89. The van der Waals surface area contributed by atoms with Crippen LogP contribution >= 0.6 is 11.6 Å². The first-order chi connectivity index (χ1) is 14.2. The summed E-state index contributed by atoms with van der Waals surface area (Å²) >= 11 is 6.16. The van der Waals surface area contributed by atoms with Crippen LogP contribution in [0.3, 0.4) is 0 Å². The van der Waals surface area contributed by atoms with Crippen LogP contribution in [0.5, 0.6) is 11.5 Å². The van der Waals surface area contributed by atoms with Crippen LogP contribution in [0, 0.1) is 0 Å². The van der Waals surface area contributed by atoms with Crippen LogP contribution < -0.4 is 25.8 Å². The van der Waals surface area contributed by atoms with Crippen molar-refractivity contribution in [2.45, 2.75) is 6.18 Å². The van der Waals surface area contributed by atoms with Crippen molar-refractivity contribution in [3.05, 3.63) is 53.3 Å². The van der Waals surface area contributed by atoms with Crippen molar-refractivity contribution in [3.8, 4) is 11.5 Å². The van der Waals surface area contributed by atoms with E-state index >= 15 is 0 Å². The molecule has 0 aliphatic rings. The number of alkyl halides is 3. The lowest BCUT2D eigenvalue weighted by atomic mass is 10.1.